The Labute approximate surface area is 105 Å². The Bertz CT molecular complexity index is 76.5. The van der Waals surface area contributed by atoms with Crippen molar-refractivity contribution in [2.24, 2.45) is 0 Å². The number of hydrogen-bond donors (Lipinski definition) is 0. The predicted octanol–water partition coefficient (Wildman–Crippen LogP) is 3.33. The van der Waals surface area contributed by atoms with E-state index in [1.165, 1.54) is 66.9 Å². The molecule has 0 radical (unpaired) electrons. The standard InChI is InChI=1S/C9H21Si.K/c1-4-7-10(8-5-2)9-6-3;/h4-9H2,1-3H3;. The topological polar surface area (TPSA) is 0 Å². The molecule has 0 saturated heterocycles. The van der Waals surface area contributed by atoms with Crippen molar-refractivity contribution in [1.82, 2.24) is 0 Å². The molecule has 0 aromatic heterocycles. The van der Waals surface area contributed by atoms with Gasteiger partial charge in [-0.25, -0.2) is 0 Å². The molecule has 62 valence electrons. The van der Waals surface area contributed by atoms with Crippen LogP contribution in [0.25, 0.3) is 0 Å². The van der Waals surface area contributed by atoms with Crippen molar-refractivity contribution in [3.8, 4) is 0 Å². The second-order valence-corrected chi connectivity index (χ2v) is 19.1. The van der Waals surface area contributed by atoms with Gasteiger partial charge >= 0.3 is 107 Å². The van der Waals surface area contributed by atoms with E-state index in [0.717, 1.165) is 0 Å². The first-order chi connectivity index (χ1) is 5.18. The Kier molecular flexibility index (Phi) is 8.50. The molecule has 0 atom stereocenters. The summed E-state index contributed by atoms with van der Waals surface area (Å²) in [4.78, 5) is 0. The fourth-order valence-electron chi connectivity index (χ4n) is 2.19. The van der Waals surface area contributed by atoms with Crippen LogP contribution in [0.2, 0.25) is 18.1 Å². The van der Waals surface area contributed by atoms with Crippen LogP contribution in [0.3, 0.4) is 0 Å². The molecule has 0 fully saturated rings. The van der Waals surface area contributed by atoms with Gasteiger partial charge in [0.15, 0.2) is 0 Å². The van der Waals surface area contributed by atoms with Gasteiger partial charge in [0.25, 0.3) is 0 Å². The van der Waals surface area contributed by atoms with Gasteiger partial charge in [-0.3, -0.25) is 0 Å². The Morgan fingerprint density at radius 2 is 1.09 bits per heavy atom. The molecular weight excluding hydrogens is 175 g/mol. The molecule has 2 heteroatoms. The first-order valence-electron chi connectivity index (χ1n) is 5.18. The van der Waals surface area contributed by atoms with Crippen LogP contribution in [0.1, 0.15) is 40.0 Å². The zero-order valence-electron chi connectivity index (χ0n) is 8.74. The molecule has 0 aliphatic carbocycles. The Hall–Kier alpha value is 1.85. The van der Waals surface area contributed by atoms with Gasteiger partial charge in [0.1, 0.15) is 0 Å². The molecule has 0 bridgehead atoms. The molecule has 0 spiro atoms. The zero-order valence-corrected chi connectivity index (χ0v) is 12.9. The van der Waals surface area contributed by atoms with Crippen molar-refractivity contribution >= 4 is 48.4 Å². The van der Waals surface area contributed by atoms with Crippen LogP contribution in [0.5, 0.6) is 0 Å². The maximum atomic E-state index is 2.36. The van der Waals surface area contributed by atoms with E-state index in [1.807, 2.05) is 0 Å². The van der Waals surface area contributed by atoms with Crippen molar-refractivity contribution in [1.29, 1.82) is 0 Å². The summed E-state index contributed by atoms with van der Waals surface area (Å²) in [6.45, 7) is 7.08. The molecule has 0 N–H and O–H groups in total. The average molecular weight is 196 g/mol. The van der Waals surface area contributed by atoms with Crippen LogP contribution in [0.15, 0.2) is 0 Å². The van der Waals surface area contributed by atoms with E-state index < -0.39 is 0.755 Å². The molecule has 0 unspecified atom stereocenters. The van der Waals surface area contributed by atoms with Gasteiger partial charge in [-0.2, -0.15) is 0 Å². The summed E-state index contributed by atoms with van der Waals surface area (Å²) < 4.78 is -0.562. The van der Waals surface area contributed by atoms with Crippen molar-refractivity contribution < 1.29 is 0 Å². The average Bonchev–Trinajstić information content (AvgIpc) is 1.88. The maximum absolute atomic E-state index is 2.36. The van der Waals surface area contributed by atoms with Crippen LogP contribution >= 0.6 is 0 Å². The van der Waals surface area contributed by atoms with Gasteiger partial charge in [-0.1, -0.05) is 0 Å². The first-order valence-corrected chi connectivity index (χ1v) is 13.0. The van der Waals surface area contributed by atoms with E-state index in [9.17, 15) is 0 Å². The van der Waals surface area contributed by atoms with Crippen LogP contribution in [-0.2, 0) is 0 Å². The molecule has 0 aliphatic rings. The third-order valence-corrected chi connectivity index (χ3v) is 14.7. The molecule has 0 aliphatic heterocycles. The van der Waals surface area contributed by atoms with E-state index in [2.05, 4.69) is 20.8 Å². The van der Waals surface area contributed by atoms with Crippen molar-refractivity contribution in [2.45, 2.75) is 58.2 Å². The number of hydrogen-bond acceptors (Lipinski definition) is 0. The summed E-state index contributed by atoms with van der Waals surface area (Å²) in [5, 5.41) is 0. The minimum atomic E-state index is -0.562. The quantitative estimate of drug-likeness (QED) is 0.572. The van der Waals surface area contributed by atoms with Gasteiger partial charge < -0.3 is 0 Å². The first kappa shape index (κ1) is 12.9. The summed E-state index contributed by atoms with van der Waals surface area (Å²) in [6.07, 6.45) is 4.36. The van der Waals surface area contributed by atoms with E-state index in [-0.39, 0.29) is 0 Å². The number of rotatable bonds is 6. The summed E-state index contributed by atoms with van der Waals surface area (Å²) in [5.41, 5.74) is 0. The monoisotopic (exact) mass is 196 g/mol. The van der Waals surface area contributed by atoms with Gasteiger partial charge in [0.2, 0.25) is 0 Å². The summed E-state index contributed by atoms with van der Waals surface area (Å²) in [7, 11) is 0. The molecule has 0 rings (SSSR count). The van der Waals surface area contributed by atoms with Crippen molar-refractivity contribution in [3.63, 3.8) is 0 Å². The van der Waals surface area contributed by atoms with E-state index in [1.54, 1.807) is 18.1 Å². The van der Waals surface area contributed by atoms with E-state index >= 15 is 0 Å². The molecule has 0 amide bonds. The Morgan fingerprint density at radius 3 is 1.27 bits per heavy atom. The Balaban J connectivity index is 3.79. The second kappa shape index (κ2) is 7.28. The van der Waals surface area contributed by atoms with Gasteiger partial charge in [0, 0.05) is 0 Å². The van der Waals surface area contributed by atoms with Crippen LogP contribution in [0.4, 0.5) is 0 Å². The molecule has 0 nitrogen and oxygen atoms in total. The second-order valence-electron chi connectivity index (χ2n) is 4.06. The van der Waals surface area contributed by atoms with Crippen LogP contribution in [-0.4, -0.2) is 48.4 Å². The molecule has 0 aromatic carbocycles. The SMILES string of the molecule is CCC[Si]([K])(CCC)CCC. The summed E-state index contributed by atoms with van der Waals surface area (Å²) in [5.74, 6) is 0. The predicted molar refractivity (Wildman–Crippen MR) is 56.8 cm³/mol. The normalized spacial score (nSPS) is 12.1. The van der Waals surface area contributed by atoms with E-state index in [0.29, 0.717) is 0 Å². The molecule has 0 aromatic rings. The van der Waals surface area contributed by atoms with Gasteiger partial charge in [0.05, 0.1) is 0 Å². The summed E-state index contributed by atoms with van der Waals surface area (Å²) in [6, 6.07) is 4.90. The fourth-order valence-corrected chi connectivity index (χ4v) is 13.6. The zero-order chi connectivity index (χ0) is 8.74. The van der Waals surface area contributed by atoms with Crippen LogP contribution < -0.4 is 0 Å². The van der Waals surface area contributed by atoms with Crippen LogP contribution in [0, 0.1) is 0 Å². The molecule has 0 saturated carbocycles. The van der Waals surface area contributed by atoms with E-state index in [4.69, 9.17) is 0 Å². The molecule has 11 heavy (non-hydrogen) atoms. The molecule has 0 heterocycles. The molecular formula is C9H21KSi. The summed E-state index contributed by atoms with van der Waals surface area (Å²) >= 11 is 1.17. The minimum absolute atomic E-state index is 0.562. The van der Waals surface area contributed by atoms with Crippen molar-refractivity contribution in [2.75, 3.05) is 0 Å². The third-order valence-electron chi connectivity index (χ3n) is 2.56. The third kappa shape index (κ3) is 6.00. The fraction of sp³-hybridized carbons (Fsp3) is 1.00. The van der Waals surface area contributed by atoms with Gasteiger partial charge in [-0.15, -0.1) is 0 Å². The Morgan fingerprint density at radius 1 is 0.818 bits per heavy atom. The van der Waals surface area contributed by atoms with Gasteiger partial charge in [-0.05, 0) is 0 Å². The van der Waals surface area contributed by atoms with Crippen molar-refractivity contribution in [3.05, 3.63) is 0 Å².